The van der Waals surface area contributed by atoms with Crippen molar-refractivity contribution in [1.82, 2.24) is 4.90 Å². The van der Waals surface area contributed by atoms with E-state index in [0.29, 0.717) is 17.8 Å². The molecule has 2 amide bonds. The molecule has 1 aromatic rings. The van der Waals surface area contributed by atoms with Crippen molar-refractivity contribution >= 4 is 23.2 Å². The van der Waals surface area contributed by atoms with Crippen LogP contribution in [0.4, 0.5) is 11.4 Å². The summed E-state index contributed by atoms with van der Waals surface area (Å²) in [5.41, 5.74) is 0.782. The maximum atomic E-state index is 12.3. The Morgan fingerprint density at radius 1 is 1.45 bits per heavy atom. The van der Waals surface area contributed by atoms with Crippen molar-refractivity contribution in [3.63, 3.8) is 0 Å². The number of likely N-dealkylation sites (tertiary alicyclic amines) is 1. The van der Waals surface area contributed by atoms with Crippen molar-refractivity contribution in [3.05, 3.63) is 33.9 Å². The van der Waals surface area contributed by atoms with Gasteiger partial charge in [0.05, 0.1) is 22.1 Å². The highest BCUT2D eigenvalue weighted by molar-refractivity contribution is 5.98. The fourth-order valence-electron chi connectivity index (χ4n) is 2.60. The highest BCUT2D eigenvalue weighted by Gasteiger charge is 2.35. The molecule has 1 aliphatic heterocycles. The first-order valence-electron chi connectivity index (χ1n) is 7.15. The van der Waals surface area contributed by atoms with Gasteiger partial charge in [-0.2, -0.15) is 0 Å². The van der Waals surface area contributed by atoms with E-state index in [4.69, 9.17) is 0 Å². The number of benzene rings is 1. The van der Waals surface area contributed by atoms with Gasteiger partial charge in [0.2, 0.25) is 11.8 Å². The number of nitrogens with zero attached hydrogens (tertiary/aromatic N) is 2. The van der Waals surface area contributed by atoms with E-state index in [0.717, 1.165) is 0 Å². The van der Waals surface area contributed by atoms with Gasteiger partial charge in [-0.05, 0) is 26.8 Å². The number of carbonyl (C=O) groups excluding carboxylic acids is 2. The van der Waals surface area contributed by atoms with Crippen molar-refractivity contribution in [2.45, 2.75) is 33.2 Å². The average molecular weight is 305 g/mol. The van der Waals surface area contributed by atoms with Gasteiger partial charge in [-0.3, -0.25) is 19.7 Å². The summed E-state index contributed by atoms with van der Waals surface area (Å²) in [7, 11) is 0. The maximum absolute atomic E-state index is 12.3. The molecule has 1 atom stereocenters. The van der Waals surface area contributed by atoms with E-state index >= 15 is 0 Å². The molecule has 22 heavy (non-hydrogen) atoms. The molecule has 7 nitrogen and oxygen atoms in total. The second-order valence-electron chi connectivity index (χ2n) is 5.74. The molecule has 1 saturated heterocycles. The zero-order chi connectivity index (χ0) is 16.4. The number of carbonyl (C=O) groups is 2. The molecule has 0 aromatic heterocycles. The van der Waals surface area contributed by atoms with Gasteiger partial charge >= 0.3 is 0 Å². The summed E-state index contributed by atoms with van der Waals surface area (Å²) in [6.45, 7) is 5.79. The summed E-state index contributed by atoms with van der Waals surface area (Å²) in [4.78, 5) is 36.3. The molecule has 2 rings (SSSR count). The molecule has 1 N–H and O–H groups in total. The van der Waals surface area contributed by atoms with Crippen molar-refractivity contribution < 1.29 is 14.5 Å². The Balaban J connectivity index is 2.12. The average Bonchev–Trinajstić information content (AvgIpc) is 2.83. The van der Waals surface area contributed by atoms with Crippen LogP contribution >= 0.6 is 0 Å². The quantitative estimate of drug-likeness (QED) is 0.681. The van der Waals surface area contributed by atoms with E-state index in [2.05, 4.69) is 5.32 Å². The third-order valence-electron chi connectivity index (χ3n) is 3.91. The first-order valence-corrected chi connectivity index (χ1v) is 7.15. The number of amides is 2. The standard InChI is InChI=1S/C15H19N3O4/c1-9(2)17-8-11(7-14(17)19)15(20)16-12-5-4-6-13(10(12)3)18(21)22/h4-6,9,11H,7-8H2,1-3H3,(H,16,20)/t11-/m0/s1. The van der Waals surface area contributed by atoms with Gasteiger partial charge in [-0.1, -0.05) is 6.07 Å². The van der Waals surface area contributed by atoms with E-state index in [9.17, 15) is 19.7 Å². The highest BCUT2D eigenvalue weighted by Crippen LogP contribution is 2.27. The first kappa shape index (κ1) is 15.9. The van der Waals surface area contributed by atoms with Crippen LogP contribution < -0.4 is 5.32 Å². The van der Waals surface area contributed by atoms with Gasteiger partial charge in [-0.25, -0.2) is 0 Å². The largest absolute Gasteiger partial charge is 0.339 e. The first-order chi connectivity index (χ1) is 10.3. The van der Waals surface area contributed by atoms with Crippen molar-refractivity contribution in [3.8, 4) is 0 Å². The van der Waals surface area contributed by atoms with E-state index in [-0.39, 0.29) is 30.0 Å². The second-order valence-corrected chi connectivity index (χ2v) is 5.74. The second kappa shape index (κ2) is 6.13. The predicted molar refractivity (Wildman–Crippen MR) is 81.4 cm³/mol. The van der Waals surface area contributed by atoms with Crippen LogP contribution in [0.15, 0.2) is 18.2 Å². The molecule has 0 aliphatic carbocycles. The Labute approximate surface area is 128 Å². The summed E-state index contributed by atoms with van der Waals surface area (Å²) in [5.74, 6) is -0.737. The molecule has 0 bridgehead atoms. The lowest BCUT2D eigenvalue weighted by molar-refractivity contribution is -0.385. The number of nitro benzene ring substituents is 1. The molecule has 1 fully saturated rings. The van der Waals surface area contributed by atoms with Gasteiger partial charge in [0.25, 0.3) is 5.69 Å². The number of nitrogens with one attached hydrogen (secondary N) is 1. The van der Waals surface area contributed by atoms with Crippen molar-refractivity contribution in [2.75, 3.05) is 11.9 Å². The molecular formula is C15H19N3O4. The summed E-state index contributed by atoms with van der Waals surface area (Å²) >= 11 is 0. The van der Waals surface area contributed by atoms with Crippen LogP contribution in [0.5, 0.6) is 0 Å². The third kappa shape index (κ3) is 3.08. The number of hydrogen-bond acceptors (Lipinski definition) is 4. The number of rotatable bonds is 4. The fraction of sp³-hybridized carbons (Fsp3) is 0.467. The lowest BCUT2D eigenvalue weighted by Gasteiger charge is -2.20. The normalized spacial score (nSPS) is 17.9. The molecular weight excluding hydrogens is 286 g/mol. The summed E-state index contributed by atoms with van der Waals surface area (Å²) in [6, 6.07) is 4.60. The Morgan fingerprint density at radius 3 is 2.68 bits per heavy atom. The third-order valence-corrected chi connectivity index (χ3v) is 3.91. The summed E-state index contributed by atoms with van der Waals surface area (Å²) in [5, 5.41) is 13.6. The Hall–Kier alpha value is -2.44. The van der Waals surface area contributed by atoms with Crippen LogP contribution in [0.2, 0.25) is 0 Å². The van der Waals surface area contributed by atoms with Gasteiger partial charge in [0.1, 0.15) is 0 Å². The smallest absolute Gasteiger partial charge is 0.274 e. The molecule has 118 valence electrons. The van der Waals surface area contributed by atoms with Crippen molar-refractivity contribution in [1.29, 1.82) is 0 Å². The zero-order valence-corrected chi connectivity index (χ0v) is 12.8. The lowest BCUT2D eigenvalue weighted by Crippen LogP contribution is -2.33. The summed E-state index contributed by atoms with van der Waals surface area (Å²) in [6.07, 6.45) is 0.179. The van der Waals surface area contributed by atoms with Crippen LogP contribution in [0.3, 0.4) is 0 Å². The van der Waals surface area contributed by atoms with Crippen LogP contribution in [0, 0.1) is 23.0 Å². The number of nitro groups is 1. The highest BCUT2D eigenvalue weighted by atomic mass is 16.6. The minimum atomic E-state index is -0.482. The molecule has 0 radical (unpaired) electrons. The van der Waals surface area contributed by atoms with Crippen LogP contribution in [-0.4, -0.2) is 34.2 Å². The minimum absolute atomic E-state index is 0.0362. The monoisotopic (exact) mass is 305 g/mol. The molecule has 1 aromatic carbocycles. The van der Waals surface area contributed by atoms with Crippen LogP contribution in [0.25, 0.3) is 0 Å². The topological polar surface area (TPSA) is 92.6 Å². The van der Waals surface area contributed by atoms with E-state index in [1.165, 1.54) is 12.1 Å². The molecule has 0 saturated carbocycles. The van der Waals surface area contributed by atoms with Gasteiger partial charge in [-0.15, -0.1) is 0 Å². The summed E-state index contributed by atoms with van der Waals surface area (Å²) < 4.78 is 0. The SMILES string of the molecule is Cc1c(NC(=O)[C@H]2CC(=O)N(C(C)C)C2)cccc1[N+](=O)[O-]. The molecule has 7 heteroatoms. The molecule has 1 heterocycles. The Kier molecular flexibility index (Phi) is 4.44. The maximum Gasteiger partial charge on any atom is 0.274 e. The fourth-order valence-corrected chi connectivity index (χ4v) is 2.60. The van der Waals surface area contributed by atoms with Gasteiger partial charge in [0.15, 0.2) is 0 Å². The predicted octanol–water partition coefficient (Wildman–Crippen LogP) is 2.10. The van der Waals surface area contributed by atoms with Gasteiger partial charge < -0.3 is 10.2 Å². The number of hydrogen-bond donors (Lipinski definition) is 1. The molecule has 0 unspecified atom stereocenters. The van der Waals surface area contributed by atoms with E-state index < -0.39 is 10.8 Å². The van der Waals surface area contributed by atoms with Gasteiger partial charge in [0, 0.05) is 25.1 Å². The molecule has 1 aliphatic rings. The van der Waals surface area contributed by atoms with Crippen LogP contribution in [0.1, 0.15) is 25.8 Å². The van der Waals surface area contributed by atoms with Crippen molar-refractivity contribution in [2.24, 2.45) is 5.92 Å². The number of anilines is 1. The van der Waals surface area contributed by atoms with Crippen LogP contribution in [-0.2, 0) is 9.59 Å². The van der Waals surface area contributed by atoms with E-state index in [1.54, 1.807) is 17.9 Å². The Morgan fingerprint density at radius 2 is 2.14 bits per heavy atom. The zero-order valence-electron chi connectivity index (χ0n) is 12.8. The lowest BCUT2D eigenvalue weighted by atomic mass is 10.1. The molecule has 0 spiro atoms. The van der Waals surface area contributed by atoms with E-state index in [1.807, 2.05) is 13.8 Å². The minimum Gasteiger partial charge on any atom is -0.339 e. The Bertz CT molecular complexity index is 627.